The van der Waals surface area contributed by atoms with Crippen LogP contribution in [0, 0.1) is 0 Å². The number of anilines is 3. The van der Waals surface area contributed by atoms with E-state index in [1.54, 1.807) is 0 Å². The van der Waals surface area contributed by atoms with E-state index in [4.69, 9.17) is 4.42 Å². The Morgan fingerprint density at radius 1 is 0.328 bits per heavy atom. The van der Waals surface area contributed by atoms with Crippen LogP contribution in [-0.4, -0.2) is 0 Å². The van der Waals surface area contributed by atoms with Crippen molar-refractivity contribution in [3.63, 3.8) is 0 Å². The molecular weight excluding hydrogens is 775 g/mol. The van der Waals surface area contributed by atoms with Crippen LogP contribution in [0.25, 0.3) is 88.0 Å². The van der Waals surface area contributed by atoms with Crippen molar-refractivity contribution in [2.45, 2.75) is 38.5 Å². The molecule has 64 heavy (non-hydrogen) atoms. The Morgan fingerprint density at radius 3 is 1.41 bits per heavy atom. The largest absolute Gasteiger partial charge is 0.455 e. The maximum absolute atomic E-state index is 7.26. The van der Waals surface area contributed by atoms with Crippen molar-refractivity contribution in [1.29, 1.82) is 0 Å². The van der Waals surface area contributed by atoms with E-state index in [1.165, 1.54) is 71.8 Å². The number of nitrogens with zero attached hydrogens (tertiary/aromatic N) is 1. The van der Waals surface area contributed by atoms with E-state index in [0.29, 0.717) is 0 Å². The fraction of sp³-hybridized carbons (Fsp3) is 0.0968. The molecule has 13 rings (SSSR count). The Kier molecular flexibility index (Phi) is 7.74. The summed E-state index contributed by atoms with van der Waals surface area (Å²) in [4.78, 5) is 2.48. The van der Waals surface area contributed by atoms with Crippen LogP contribution in [0.2, 0.25) is 0 Å². The number of rotatable bonds is 5. The summed E-state index contributed by atoms with van der Waals surface area (Å²) >= 11 is 0. The number of furan rings is 1. The molecule has 0 saturated carbocycles. The number of hydrogen-bond acceptors (Lipinski definition) is 2. The minimum Gasteiger partial charge on any atom is -0.455 e. The third-order valence-corrected chi connectivity index (χ3v) is 14.6. The van der Waals surface area contributed by atoms with Crippen LogP contribution < -0.4 is 4.90 Å². The molecule has 0 radical (unpaired) electrons. The van der Waals surface area contributed by atoms with E-state index < -0.39 is 0 Å². The lowest BCUT2D eigenvalue weighted by Gasteiger charge is -2.30. The average Bonchev–Trinajstić information content (AvgIpc) is 3.92. The monoisotopic (exact) mass is 819 g/mol. The molecule has 0 amide bonds. The highest BCUT2D eigenvalue weighted by Gasteiger charge is 2.38. The molecule has 1 aromatic heterocycles. The lowest BCUT2D eigenvalue weighted by Crippen LogP contribution is -2.18. The minimum atomic E-state index is -0.161. The maximum Gasteiger partial charge on any atom is 0.143 e. The third-order valence-electron chi connectivity index (χ3n) is 14.6. The van der Waals surface area contributed by atoms with E-state index in [9.17, 15) is 0 Å². The minimum absolute atomic E-state index is 0.161. The second-order valence-corrected chi connectivity index (χ2v) is 18.8. The summed E-state index contributed by atoms with van der Waals surface area (Å²) in [5.41, 5.74) is 20.1. The van der Waals surface area contributed by atoms with E-state index in [2.05, 4.69) is 233 Å². The number of fused-ring (bicyclic) bond motifs is 14. The predicted molar refractivity (Wildman–Crippen MR) is 269 cm³/mol. The molecule has 0 atom stereocenters. The van der Waals surface area contributed by atoms with Crippen LogP contribution in [-0.2, 0) is 10.8 Å². The molecule has 10 aromatic carbocycles. The summed E-state index contributed by atoms with van der Waals surface area (Å²) in [6.07, 6.45) is 0. The second kappa shape index (κ2) is 13.4. The van der Waals surface area contributed by atoms with Crippen LogP contribution in [0.3, 0.4) is 0 Å². The van der Waals surface area contributed by atoms with Crippen molar-refractivity contribution in [2.75, 3.05) is 4.90 Å². The van der Waals surface area contributed by atoms with Crippen LogP contribution in [0.5, 0.6) is 0 Å². The van der Waals surface area contributed by atoms with Gasteiger partial charge in [0.2, 0.25) is 0 Å². The first-order chi connectivity index (χ1) is 31.3. The van der Waals surface area contributed by atoms with Crippen molar-refractivity contribution < 1.29 is 4.42 Å². The Hall–Kier alpha value is -7.68. The molecule has 0 unspecified atom stereocenters. The highest BCUT2D eigenvalue weighted by Crippen LogP contribution is 2.54. The fourth-order valence-corrected chi connectivity index (χ4v) is 11.5. The molecule has 0 bridgehead atoms. The van der Waals surface area contributed by atoms with Gasteiger partial charge in [-0.25, -0.2) is 0 Å². The van der Waals surface area contributed by atoms with E-state index in [1.807, 2.05) is 0 Å². The van der Waals surface area contributed by atoms with E-state index >= 15 is 0 Å². The summed E-state index contributed by atoms with van der Waals surface area (Å²) in [7, 11) is 0. The van der Waals surface area contributed by atoms with Gasteiger partial charge in [-0.3, -0.25) is 0 Å². The van der Waals surface area contributed by atoms with Gasteiger partial charge in [-0.1, -0.05) is 191 Å². The van der Waals surface area contributed by atoms with Gasteiger partial charge in [0.15, 0.2) is 0 Å². The smallest absolute Gasteiger partial charge is 0.143 e. The Bertz CT molecular complexity index is 3610. The van der Waals surface area contributed by atoms with Gasteiger partial charge in [0.1, 0.15) is 11.2 Å². The summed E-state index contributed by atoms with van der Waals surface area (Å²) in [5, 5.41) is 7.03. The summed E-state index contributed by atoms with van der Waals surface area (Å²) in [6.45, 7) is 9.47. The highest BCUT2D eigenvalue weighted by molar-refractivity contribution is 6.32. The zero-order valence-electron chi connectivity index (χ0n) is 36.4. The van der Waals surface area contributed by atoms with Crippen molar-refractivity contribution in [3.05, 3.63) is 222 Å². The molecule has 11 aromatic rings. The first-order valence-electron chi connectivity index (χ1n) is 22.5. The molecule has 0 N–H and O–H groups in total. The molecule has 0 fully saturated rings. The molecule has 0 spiro atoms. The molecule has 2 aliphatic carbocycles. The maximum atomic E-state index is 7.26. The molecule has 0 saturated heterocycles. The second-order valence-electron chi connectivity index (χ2n) is 18.8. The summed E-state index contributed by atoms with van der Waals surface area (Å²) < 4.78 is 7.26. The highest BCUT2D eigenvalue weighted by atomic mass is 16.3. The molecule has 0 aliphatic heterocycles. The number of hydrogen-bond donors (Lipinski definition) is 0. The Morgan fingerprint density at radius 2 is 0.797 bits per heavy atom. The SMILES string of the molecule is CC1(C)c2ccccc2-c2ccc(N(c3ccc4c(c3)C(C)(C)c3ccccc3-4)c3cc(-c4ccc(-c5ccccc5)cc4)c4c(c3)oc3c5ccccc5c5ccccc5c34)cc21. The summed E-state index contributed by atoms with van der Waals surface area (Å²) in [5.74, 6) is 0. The molecule has 1 heterocycles. The van der Waals surface area contributed by atoms with Crippen molar-refractivity contribution in [3.8, 4) is 44.5 Å². The topological polar surface area (TPSA) is 16.4 Å². The van der Waals surface area contributed by atoms with Gasteiger partial charge in [0.05, 0.1) is 5.69 Å². The molecular formula is C62H45NO. The number of benzene rings is 10. The Balaban J connectivity index is 1.11. The predicted octanol–water partition coefficient (Wildman–Crippen LogP) is 17.3. The van der Waals surface area contributed by atoms with Crippen molar-refractivity contribution >= 4 is 60.5 Å². The fourth-order valence-electron chi connectivity index (χ4n) is 11.5. The first kappa shape index (κ1) is 36.9. The van der Waals surface area contributed by atoms with E-state index in [0.717, 1.165) is 55.5 Å². The van der Waals surface area contributed by atoms with Crippen LogP contribution in [0.15, 0.2) is 205 Å². The van der Waals surface area contributed by atoms with Gasteiger partial charge in [-0.05, 0) is 113 Å². The lowest BCUT2D eigenvalue weighted by atomic mass is 9.82. The van der Waals surface area contributed by atoms with Gasteiger partial charge in [0.25, 0.3) is 0 Å². The van der Waals surface area contributed by atoms with Gasteiger partial charge in [-0.2, -0.15) is 0 Å². The molecule has 304 valence electrons. The molecule has 2 heteroatoms. The molecule has 2 nitrogen and oxygen atoms in total. The average molecular weight is 820 g/mol. The van der Waals surface area contributed by atoms with Crippen molar-refractivity contribution in [2.24, 2.45) is 0 Å². The van der Waals surface area contributed by atoms with Gasteiger partial charge in [0, 0.05) is 44.4 Å². The van der Waals surface area contributed by atoms with Gasteiger partial charge >= 0.3 is 0 Å². The first-order valence-corrected chi connectivity index (χ1v) is 22.5. The molecule has 2 aliphatic rings. The van der Waals surface area contributed by atoms with Crippen LogP contribution >= 0.6 is 0 Å². The zero-order valence-corrected chi connectivity index (χ0v) is 36.4. The van der Waals surface area contributed by atoms with Gasteiger partial charge < -0.3 is 9.32 Å². The standard InChI is InChI=1S/C62H45NO/c1-61(2)53-24-14-12-20-46(53)48-32-30-41(35-55(48)61)63(42-31-33-49-47-21-13-15-25-54(47)62(3,4)56(49)36-42)43-34-52(40-28-26-39(27-29-40)38-16-6-5-7-17-38)58-57(37-43)64-60-51-23-11-9-19-45(51)44-18-8-10-22-50(44)59(58)60/h5-37H,1-4H3. The quantitative estimate of drug-likeness (QED) is 0.161. The Labute approximate surface area is 373 Å². The summed E-state index contributed by atoms with van der Waals surface area (Å²) in [6, 6.07) is 74.0. The van der Waals surface area contributed by atoms with E-state index in [-0.39, 0.29) is 10.8 Å². The van der Waals surface area contributed by atoms with Gasteiger partial charge in [-0.15, -0.1) is 0 Å². The van der Waals surface area contributed by atoms with Crippen LogP contribution in [0.1, 0.15) is 49.9 Å². The lowest BCUT2D eigenvalue weighted by molar-refractivity contribution is 0.660. The van der Waals surface area contributed by atoms with Crippen molar-refractivity contribution in [1.82, 2.24) is 0 Å². The normalized spacial score (nSPS) is 14.2. The third kappa shape index (κ3) is 5.20. The van der Waals surface area contributed by atoms with Crippen LogP contribution in [0.4, 0.5) is 17.1 Å². The zero-order chi connectivity index (χ0) is 42.9.